The van der Waals surface area contributed by atoms with Crippen molar-refractivity contribution < 1.29 is 4.79 Å². The van der Waals surface area contributed by atoms with Crippen molar-refractivity contribution in [3.8, 4) is 0 Å². The lowest BCUT2D eigenvalue weighted by molar-refractivity contribution is -0.125. The minimum absolute atomic E-state index is 0.350. The van der Waals surface area contributed by atoms with Crippen LogP contribution in [0.1, 0.15) is 44.6 Å². The van der Waals surface area contributed by atoms with Gasteiger partial charge in [-0.15, -0.1) is 0 Å². The van der Waals surface area contributed by atoms with Crippen molar-refractivity contribution in [2.24, 2.45) is 11.8 Å². The molecular weight excluding hydrogens is 208 g/mol. The largest absolute Gasteiger partial charge is 0.299 e. The predicted molar refractivity (Wildman–Crippen MR) is 70.9 cm³/mol. The standard InChI is InChI=1S/C16H22O/c1-2-6-15-12-14(9-10-16(15)17)11-13-7-4-3-5-8-13/h3-5,7-8,14-15H,2,6,9-12H2,1H3. The van der Waals surface area contributed by atoms with E-state index in [1.165, 1.54) is 5.56 Å². The Labute approximate surface area is 104 Å². The summed E-state index contributed by atoms with van der Waals surface area (Å²) in [5, 5.41) is 0. The van der Waals surface area contributed by atoms with Gasteiger partial charge in [0.2, 0.25) is 0 Å². The second-order valence-corrected chi connectivity index (χ2v) is 5.28. The molecule has 1 nitrogen and oxygen atoms in total. The van der Waals surface area contributed by atoms with Crippen molar-refractivity contribution in [2.75, 3.05) is 0 Å². The molecule has 0 heterocycles. The Morgan fingerprint density at radius 2 is 2.00 bits per heavy atom. The highest BCUT2D eigenvalue weighted by atomic mass is 16.1. The summed E-state index contributed by atoms with van der Waals surface area (Å²) in [5.74, 6) is 1.57. The average Bonchev–Trinajstić information content (AvgIpc) is 2.35. The van der Waals surface area contributed by atoms with Gasteiger partial charge >= 0.3 is 0 Å². The van der Waals surface area contributed by atoms with Crippen LogP contribution in [0.4, 0.5) is 0 Å². The van der Waals surface area contributed by atoms with E-state index < -0.39 is 0 Å². The summed E-state index contributed by atoms with van der Waals surface area (Å²) in [4.78, 5) is 11.8. The van der Waals surface area contributed by atoms with E-state index in [9.17, 15) is 4.79 Å². The van der Waals surface area contributed by atoms with Crippen molar-refractivity contribution in [1.82, 2.24) is 0 Å². The number of hydrogen-bond acceptors (Lipinski definition) is 1. The Hall–Kier alpha value is -1.11. The molecule has 92 valence electrons. The van der Waals surface area contributed by atoms with Crippen LogP contribution in [-0.2, 0) is 11.2 Å². The molecule has 2 atom stereocenters. The van der Waals surface area contributed by atoms with Crippen LogP contribution in [0.2, 0.25) is 0 Å². The lowest BCUT2D eigenvalue weighted by Gasteiger charge is -2.28. The Bertz CT molecular complexity index is 355. The van der Waals surface area contributed by atoms with Gasteiger partial charge in [0.1, 0.15) is 5.78 Å². The Kier molecular flexibility index (Phi) is 4.36. The van der Waals surface area contributed by atoms with Gasteiger partial charge in [-0.1, -0.05) is 43.7 Å². The van der Waals surface area contributed by atoms with Gasteiger partial charge in [-0.2, -0.15) is 0 Å². The number of rotatable bonds is 4. The van der Waals surface area contributed by atoms with Crippen LogP contribution < -0.4 is 0 Å². The zero-order valence-corrected chi connectivity index (χ0v) is 10.7. The van der Waals surface area contributed by atoms with Crippen LogP contribution in [0.5, 0.6) is 0 Å². The molecule has 0 N–H and O–H groups in total. The van der Waals surface area contributed by atoms with Gasteiger partial charge in [-0.25, -0.2) is 0 Å². The topological polar surface area (TPSA) is 17.1 Å². The third-order valence-corrected chi connectivity index (χ3v) is 3.88. The van der Waals surface area contributed by atoms with E-state index in [-0.39, 0.29) is 0 Å². The molecule has 1 aliphatic rings. The second-order valence-electron chi connectivity index (χ2n) is 5.28. The zero-order valence-electron chi connectivity index (χ0n) is 10.7. The molecule has 1 fully saturated rings. The van der Waals surface area contributed by atoms with E-state index in [1.807, 2.05) is 0 Å². The molecular formula is C16H22O. The summed E-state index contributed by atoms with van der Waals surface area (Å²) in [6.07, 6.45) is 6.38. The fourth-order valence-electron chi connectivity index (χ4n) is 2.96. The van der Waals surface area contributed by atoms with E-state index in [1.54, 1.807) is 0 Å². The molecule has 0 aliphatic heterocycles. The van der Waals surface area contributed by atoms with Crippen LogP contribution >= 0.6 is 0 Å². The van der Waals surface area contributed by atoms with Crippen LogP contribution in [0.15, 0.2) is 30.3 Å². The molecule has 0 aromatic heterocycles. The molecule has 1 aromatic rings. The fraction of sp³-hybridized carbons (Fsp3) is 0.562. The molecule has 2 rings (SSSR count). The highest BCUT2D eigenvalue weighted by Gasteiger charge is 2.27. The maximum Gasteiger partial charge on any atom is 0.135 e. The van der Waals surface area contributed by atoms with Crippen molar-refractivity contribution in [1.29, 1.82) is 0 Å². The van der Waals surface area contributed by atoms with E-state index in [0.717, 1.165) is 38.5 Å². The predicted octanol–water partition coefficient (Wildman–Crippen LogP) is 4.01. The molecule has 2 unspecified atom stereocenters. The third-order valence-electron chi connectivity index (χ3n) is 3.88. The molecule has 0 saturated heterocycles. The summed E-state index contributed by atoms with van der Waals surface area (Å²) >= 11 is 0. The fourth-order valence-corrected chi connectivity index (χ4v) is 2.96. The van der Waals surface area contributed by atoms with Crippen LogP contribution in [0.25, 0.3) is 0 Å². The van der Waals surface area contributed by atoms with E-state index in [0.29, 0.717) is 17.6 Å². The van der Waals surface area contributed by atoms with Gasteiger partial charge in [0.05, 0.1) is 0 Å². The first-order valence-corrected chi connectivity index (χ1v) is 6.86. The van der Waals surface area contributed by atoms with Gasteiger partial charge in [0, 0.05) is 12.3 Å². The Morgan fingerprint density at radius 1 is 1.24 bits per heavy atom. The highest BCUT2D eigenvalue weighted by molar-refractivity contribution is 5.81. The molecule has 1 heteroatoms. The van der Waals surface area contributed by atoms with Crippen molar-refractivity contribution in [3.05, 3.63) is 35.9 Å². The van der Waals surface area contributed by atoms with Gasteiger partial charge in [-0.05, 0) is 37.2 Å². The third kappa shape index (κ3) is 3.42. The first-order valence-electron chi connectivity index (χ1n) is 6.86. The van der Waals surface area contributed by atoms with Crippen LogP contribution in [-0.4, -0.2) is 5.78 Å². The minimum Gasteiger partial charge on any atom is -0.299 e. The number of benzene rings is 1. The summed E-state index contributed by atoms with van der Waals surface area (Å²) < 4.78 is 0. The molecule has 1 saturated carbocycles. The molecule has 0 radical (unpaired) electrons. The number of Topliss-reactive ketones (excluding diaryl/α,β-unsaturated/α-hetero) is 1. The van der Waals surface area contributed by atoms with Crippen molar-refractivity contribution >= 4 is 5.78 Å². The molecule has 1 aliphatic carbocycles. The normalized spacial score (nSPS) is 24.9. The van der Waals surface area contributed by atoms with Crippen molar-refractivity contribution in [3.63, 3.8) is 0 Å². The zero-order chi connectivity index (χ0) is 12.1. The van der Waals surface area contributed by atoms with Crippen LogP contribution in [0, 0.1) is 11.8 Å². The number of ketones is 1. The Morgan fingerprint density at radius 3 is 2.71 bits per heavy atom. The van der Waals surface area contributed by atoms with Gasteiger partial charge in [0.25, 0.3) is 0 Å². The van der Waals surface area contributed by atoms with Gasteiger partial charge in [0.15, 0.2) is 0 Å². The number of carbonyl (C=O) groups excluding carboxylic acids is 1. The molecule has 17 heavy (non-hydrogen) atoms. The first kappa shape index (κ1) is 12.3. The molecule has 1 aromatic carbocycles. The SMILES string of the molecule is CCCC1CC(Cc2ccccc2)CCC1=O. The summed E-state index contributed by atoms with van der Waals surface area (Å²) in [6.45, 7) is 2.17. The van der Waals surface area contributed by atoms with E-state index in [2.05, 4.69) is 37.3 Å². The molecule has 0 spiro atoms. The van der Waals surface area contributed by atoms with E-state index in [4.69, 9.17) is 0 Å². The number of hydrogen-bond donors (Lipinski definition) is 0. The van der Waals surface area contributed by atoms with Gasteiger partial charge in [-0.3, -0.25) is 4.79 Å². The lowest BCUT2D eigenvalue weighted by atomic mass is 9.76. The maximum absolute atomic E-state index is 11.8. The highest BCUT2D eigenvalue weighted by Crippen LogP contribution is 2.31. The second kappa shape index (κ2) is 6.00. The Balaban J connectivity index is 1.92. The average molecular weight is 230 g/mol. The molecule has 0 bridgehead atoms. The summed E-state index contributed by atoms with van der Waals surface area (Å²) in [7, 11) is 0. The van der Waals surface area contributed by atoms with Crippen molar-refractivity contribution in [2.45, 2.75) is 45.4 Å². The smallest absolute Gasteiger partial charge is 0.135 e. The first-order chi connectivity index (χ1) is 8.29. The monoisotopic (exact) mass is 230 g/mol. The quantitative estimate of drug-likeness (QED) is 0.763. The molecule has 0 amide bonds. The maximum atomic E-state index is 11.8. The number of carbonyl (C=O) groups is 1. The van der Waals surface area contributed by atoms with Crippen LogP contribution in [0.3, 0.4) is 0 Å². The van der Waals surface area contributed by atoms with Gasteiger partial charge < -0.3 is 0 Å². The minimum atomic E-state index is 0.350. The van der Waals surface area contributed by atoms with E-state index >= 15 is 0 Å². The summed E-state index contributed by atoms with van der Waals surface area (Å²) in [6, 6.07) is 10.7. The summed E-state index contributed by atoms with van der Waals surface area (Å²) in [5.41, 5.74) is 1.42. The lowest BCUT2D eigenvalue weighted by Crippen LogP contribution is -2.25.